The Morgan fingerprint density at radius 1 is 1.42 bits per heavy atom. The van der Waals surface area contributed by atoms with E-state index < -0.39 is 0 Å². The van der Waals surface area contributed by atoms with Gasteiger partial charge in [-0.05, 0) is 37.0 Å². The summed E-state index contributed by atoms with van der Waals surface area (Å²) in [5, 5.41) is 18.6. The number of aliphatic hydroxyl groups is 2. The van der Waals surface area contributed by atoms with Crippen molar-refractivity contribution < 1.29 is 10.2 Å². The van der Waals surface area contributed by atoms with Crippen LogP contribution >= 0.6 is 0 Å². The fraction of sp³-hybridized carbons (Fsp3) is 1.00. The summed E-state index contributed by atoms with van der Waals surface area (Å²) in [5.74, 6) is 1.33. The molecule has 0 saturated heterocycles. The van der Waals surface area contributed by atoms with Crippen LogP contribution in [0.15, 0.2) is 0 Å². The van der Waals surface area contributed by atoms with Crippen molar-refractivity contribution in [3.8, 4) is 0 Å². The lowest BCUT2D eigenvalue weighted by molar-refractivity contribution is 0.0288. The molecule has 1 rings (SSSR count). The van der Waals surface area contributed by atoms with Gasteiger partial charge >= 0.3 is 0 Å². The maximum absolute atomic E-state index is 9.61. The van der Waals surface area contributed by atoms with Gasteiger partial charge in [0, 0.05) is 6.61 Å². The van der Waals surface area contributed by atoms with Gasteiger partial charge < -0.3 is 10.2 Å². The Kier molecular flexibility index (Phi) is 3.53. The Hall–Kier alpha value is -0.0800. The van der Waals surface area contributed by atoms with Crippen LogP contribution in [0.1, 0.15) is 33.1 Å². The molecule has 0 amide bonds. The van der Waals surface area contributed by atoms with E-state index in [0.717, 1.165) is 12.8 Å². The third-order valence-corrected chi connectivity index (χ3v) is 3.29. The minimum absolute atomic E-state index is 0.141. The van der Waals surface area contributed by atoms with Gasteiger partial charge in [-0.15, -0.1) is 0 Å². The highest BCUT2D eigenvalue weighted by molar-refractivity contribution is 4.79. The van der Waals surface area contributed by atoms with E-state index in [1.165, 1.54) is 6.42 Å². The van der Waals surface area contributed by atoms with E-state index in [0.29, 0.717) is 17.8 Å². The molecule has 1 fully saturated rings. The molecule has 0 spiro atoms. The van der Waals surface area contributed by atoms with Crippen LogP contribution in [0.4, 0.5) is 0 Å². The van der Waals surface area contributed by atoms with Crippen molar-refractivity contribution in [3.05, 3.63) is 0 Å². The van der Waals surface area contributed by atoms with Crippen molar-refractivity contribution in [2.45, 2.75) is 39.2 Å². The van der Waals surface area contributed by atoms with Crippen LogP contribution in [0, 0.1) is 17.8 Å². The van der Waals surface area contributed by atoms with Crippen LogP contribution in [0.25, 0.3) is 0 Å². The van der Waals surface area contributed by atoms with Crippen LogP contribution < -0.4 is 0 Å². The minimum Gasteiger partial charge on any atom is -0.396 e. The van der Waals surface area contributed by atoms with Gasteiger partial charge in [-0.25, -0.2) is 0 Å². The van der Waals surface area contributed by atoms with Crippen molar-refractivity contribution in [1.82, 2.24) is 0 Å². The molecule has 4 unspecified atom stereocenters. The quantitative estimate of drug-likeness (QED) is 0.661. The summed E-state index contributed by atoms with van der Waals surface area (Å²) in [7, 11) is 0. The third-order valence-electron chi connectivity index (χ3n) is 3.29. The monoisotopic (exact) mass is 172 g/mol. The Bertz CT molecular complexity index is 136. The molecule has 2 nitrogen and oxygen atoms in total. The van der Waals surface area contributed by atoms with Crippen LogP contribution in [-0.2, 0) is 0 Å². The van der Waals surface area contributed by atoms with E-state index in [1.54, 1.807) is 0 Å². The van der Waals surface area contributed by atoms with Crippen LogP contribution in [0.5, 0.6) is 0 Å². The summed E-state index contributed by atoms with van der Waals surface area (Å²) in [4.78, 5) is 0. The molecule has 4 atom stereocenters. The van der Waals surface area contributed by atoms with E-state index in [1.807, 2.05) is 0 Å². The predicted octanol–water partition coefficient (Wildman–Crippen LogP) is 1.41. The topological polar surface area (TPSA) is 40.5 Å². The average Bonchev–Trinajstić information content (AvgIpc) is 2.08. The molecule has 0 bridgehead atoms. The van der Waals surface area contributed by atoms with Crippen molar-refractivity contribution in [3.63, 3.8) is 0 Å². The highest BCUT2D eigenvalue weighted by Crippen LogP contribution is 2.33. The Morgan fingerprint density at radius 2 is 2.08 bits per heavy atom. The first-order valence-corrected chi connectivity index (χ1v) is 4.94. The van der Waals surface area contributed by atoms with E-state index in [9.17, 15) is 5.11 Å². The first kappa shape index (κ1) is 10.0. The predicted molar refractivity (Wildman–Crippen MR) is 48.8 cm³/mol. The molecule has 2 heteroatoms. The second kappa shape index (κ2) is 4.24. The van der Waals surface area contributed by atoms with E-state index in [-0.39, 0.29) is 12.7 Å². The van der Waals surface area contributed by atoms with Crippen LogP contribution in [0.3, 0.4) is 0 Å². The van der Waals surface area contributed by atoms with Gasteiger partial charge in [0.05, 0.1) is 6.10 Å². The largest absolute Gasteiger partial charge is 0.396 e. The molecule has 0 aromatic carbocycles. The lowest BCUT2D eigenvalue weighted by Crippen LogP contribution is -2.31. The third kappa shape index (κ3) is 2.20. The van der Waals surface area contributed by atoms with Gasteiger partial charge in [-0.3, -0.25) is 0 Å². The number of rotatable bonds is 2. The number of hydrogen-bond acceptors (Lipinski definition) is 2. The van der Waals surface area contributed by atoms with Gasteiger partial charge in [0.2, 0.25) is 0 Å². The second-order valence-corrected chi connectivity index (χ2v) is 4.28. The maximum atomic E-state index is 9.61. The molecule has 0 aromatic rings. The SMILES string of the molecule is CC1CCC(C(C)CO)CC1O. The van der Waals surface area contributed by atoms with Gasteiger partial charge in [0.25, 0.3) is 0 Å². The Labute approximate surface area is 74.6 Å². The van der Waals surface area contributed by atoms with Crippen molar-refractivity contribution in [2.24, 2.45) is 17.8 Å². The van der Waals surface area contributed by atoms with Gasteiger partial charge in [-0.2, -0.15) is 0 Å². The van der Waals surface area contributed by atoms with Crippen LogP contribution in [-0.4, -0.2) is 22.9 Å². The molecule has 12 heavy (non-hydrogen) atoms. The van der Waals surface area contributed by atoms with Gasteiger partial charge in [-0.1, -0.05) is 13.8 Å². The molecule has 0 aromatic heterocycles. The molecule has 2 N–H and O–H groups in total. The summed E-state index contributed by atoms with van der Waals surface area (Å²) >= 11 is 0. The van der Waals surface area contributed by atoms with E-state index in [2.05, 4.69) is 13.8 Å². The molecule has 1 saturated carbocycles. The van der Waals surface area contributed by atoms with Crippen molar-refractivity contribution in [2.75, 3.05) is 6.61 Å². The summed E-state index contributed by atoms with van der Waals surface area (Å²) in [6, 6.07) is 0. The van der Waals surface area contributed by atoms with Crippen molar-refractivity contribution >= 4 is 0 Å². The highest BCUT2D eigenvalue weighted by atomic mass is 16.3. The Morgan fingerprint density at radius 3 is 2.58 bits per heavy atom. The van der Waals surface area contributed by atoms with Gasteiger partial charge in [0.15, 0.2) is 0 Å². The average molecular weight is 172 g/mol. The van der Waals surface area contributed by atoms with Crippen molar-refractivity contribution in [1.29, 1.82) is 0 Å². The molecule has 0 aliphatic heterocycles. The van der Waals surface area contributed by atoms with Gasteiger partial charge in [0.1, 0.15) is 0 Å². The zero-order valence-electron chi connectivity index (χ0n) is 8.03. The van der Waals surface area contributed by atoms with Crippen LogP contribution in [0.2, 0.25) is 0 Å². The second-order valence-electron chi connectivity index (χ2n) is 4.28. The first-order valence-electron chi connectivity index (χ1n) is 4.94. The first-order chi connectivity index (χ1) is 5.65. The lowest BCUT2D eigenvalue weighted by Gasteiger charge is -2.33. The molecule has 72 valence electrons. The lowest BCUT2D eigenvalue weighted by atomic mass is 9.75. The molecular formula is C10H20O2. The summed E-state index contributed by atoms with van der Waals surface area (Å²) < 4.78 is 0. The highest BCUT2D eigenvalue weighted by Gasteiger charge is 2.28. The van der Waals surface area contributed by atoms with E-state index in [4.69, 9.17) is 5.11 Å². The minimum atomic E-state index is -0.141. The normalized spacial score (nSPS) is 39.5. The molecule has 1 aliphatic carbocycles. The fourth-order valence-corrected chi connectivity index (χ4v) is 2.00. The zero-order chi connectivity index (χ0) is 9.14. The summed E-state index contributed by atoms with van der Waals surface area (Å²) in [5.41, 5.74) is 0. The Balaban J connectivity index is 2.39. The number of hydrogen-bond donors (Lipinski definition) is 2. The number of aliphatic hydroxyl groups excluding tert-OH is 2. The molecule has 0 heterocycles. The molecule has 0 radical (unpaired) electrons. The zero-order valence-corrected chi connectivity index (χ0v) is 8.03. The fourth-order valence-electron chi connectivity index (χ4n) is 2.00. The van der Waals surface area contributed by atoms with E-state index >= 15 is 0 Å². The summed E-state index contributed by atoms with van der Waals surface area (Å²) in [6.45, 7) is 4.42. The standard InChI is InChI=1S/C10H20O2/c1-7-3-4-9(5-10(7)12)8(2)6-11/h7-12H,3-6H2,1-2H3. The molecular weight excluding hydrogens is 152 g/mol. The smallest absolute Gasteiger partial charge is 0.0568 e. The molecule has 1 aliphatic rings. The maximum Gasteiger partial charge on any atom is 0.0568 e. The summed E-state index contributed by atoms with van der Waals surface area (Å²) in [6.07, 6.45) is 3.01.